The van der Waals surface area contributed by atoms with Crippen LogP contribution in [0.4, 0.5) is 0 Å². The maximum atomic E-state index is 11.9. The van der Waals surface area contributed by atoms with E-state index in [0.29, 0.717) is 78.2 Å². The highest BCUT2D eigenvalue weighted by Crippen LogP contribution is 2.40. The van der Waals surface area contributed by atoms with Gasteiger partial charge in [-0.2, -0.15) is 0 Å². The lowest BCUT2D eigenvalue weighted by Gasteiger charge is -2.26. The van der Waals surface area contributed by atoms with Gasteiger partial charge in [0.1, 0.15) is 0 Å². The van der Waals surface area contributed by atoms with Crippen molar-refractivity contribution in [3.05, 3.63) is 0 Å². The molecule has 2 heterocycles. The van der Waals surface area contributed by atoms with Gasteiger partial charge < -0.3 is 50.9 Å². The number of rotatable bonds is 21. The molecule has 0 spiro atoms. The molecule has 37 heavy (non-hydrogen) atoms. The van der Waals surface area contributed by atoms with E-state index in [9.17, 15) is 14.4 Å². The summed E-state index contributed by atoms with van der Waals surface area (Å²) in [4.78, 5) is 35.2. The fourth-order valence-corrected chi connectivity index (χ4v) is 7.54. The molecule has 14 heteroatoms. The van der Waals surface area contributed by atoms with Gasteiger partial charge >= 0.3 is 8.80 Å². The fraction of sp³-hybridized carbons (Fsp3) is 0.870. The second-order valence-electron chi connectivity index (χ2n) is 9.35. The summed E-state index contributed by atoms with van der Waals surface area (Å²) in [6.45, 7) is 9.72. The van der Waals surface area contributed by atoms with E-state index in [0.717, 1.165) is 19.0 Å². The normalized spacial score (nSPS) is 24.2. The predicted octanol–water partition coefficient (Wildman–Crippen LogP) is -2.22. The molecule has 0 aromatic carbocycles. The Balaban J connectivity index is 1.32. The van der Waals surface area contributed by atoms with Crippen molar-refractivity contribution in [2.75, 3.05) is 65.4 Å². The molecule has 3 amide bonds. The number of carbonyl (C=O) groups excluding carboxylic acids is 3. The van der Waals surface area contributed by atoms with Gasteiger partial charge in [0.25, 0.3) is 0 Å². The van der Waals surface area contributed by atoms with Crippen molar-refractivity contribution >= 4 is 26.5 Å². The molecule has 2 bridgehead atoms. The highest BCUT2D eigenvalue weighted by molar-refractivity contribution is 6.62. The van der Waals surface area contributed by atoms with Crippen LogP contribution in [0.15, 0.2) is 0 Å². The van der Waals surface area contributed by atoms with E-state index in [-0.39, 0.29) is 36.0 Å². The quantitative estimate of drug-likeness (QED) is 0.0618. The van der Waals surface area contributed by atoms with Crippen LogP contribution in [-0.2, 0) is 27.7 Å². The maximum absolute atomic E-state index is 11.9. The Bertz CT molecular complexity index is 692. The lowest BCUT2D eigenvalue weighted by atomic mass is 10.1. The van der Waals surface area contributed by atoms with E-state index < -0.39 is 8.80 Å². The predicted molar refractivity (Wildman–Crippen MR) is 142 cm³/mol. The highest BCUT2D eigenvalue weighted by Gasteiger charge is 2.60. The van der Waals surface area contributed by atoms with Gasteiger partial charge in [0, 0.05) is 84.2 Å². The number of nitrogens with two attached hydrogens (primary N) is 1. The standard InChI is InChI=1S/C23H47N7O6Si/c1-18-23-19(2)35-37(34-18,36-23)17-3-8-25-9-4-21(32)29-15-14-27-11-6-22(33)30-16-13-26-10-5-20(31)28-12-7-24/h18-19,23,25-27H,3-17,24H2,1-2H3,(H,28,31)(H,29,32)(H,30,33). The number of hydrogen-bond donors (Lipinski definition) is 7. The third-order valence-corrected chi connectivity index (χ3v) is 9.17. The molecule has 0 aliphatic carbocycles. The molecule has 2 aliphatic rings. The maximum Gasteiger partial charge on any atom is 0.502 e. The summed E-state index contributed by atoms with van der Waals surface area (Å²) in [6, 6.07) is 0.800. The minimum absolute atomic E-state index is 0.00329. The Labute approximate surface area is 221 Å². The molecule has 13 nitrogen and oxygen atoms in total. The summed E-state index contributed by atoms with van der Waals surface area (Å²) in [5.74, 6) is -0.0801. The molecule has 2 rings (SSSR count). The molecule has 2 saturated heterocycles. The Kier molecular flexibility index (Phi) is 15.2. The summed E-state index contributed by atoms with van der Waals surface area (Å²) in [6.07, 6.45) is 2.36. The lowest BCUT2D eigenvalue weighted by Crippen LogP contribution is -2.44. The van der Waals surface area contributed by atoms with Crippen LogP contribution in [0.5, 0.6) is 0 Å². The minimum Gasteiger partial charge on any atom is -0.368 e. The third-order valence-electron chi connectivity index (χ3n) is 6.11. The summed E-state index contributed by atoms with van der Waals surface area (Å²) >= 11 is 0. The molecule has 0 radical (unpaired) electrons. The van der Waals surface area contributed by atoms with Crippen molar-refractivity contribution in [2.45, 2.75) is 63.9 Å². The van der Waals surface area contributed by atoms with Crippen LogP contribution in [-0.4, -0.2) is 110 Å². The molecule has 8 N–H and O–H groups in total. The Morgan fingerprint density at radius 3 is 1.57 bits per heavy atom. The van der Waals surface area contributed by atoms with Crippen LogP contribution in [0, 0.1) is 0 Å². The van der Waals surface area contributed by atoms with Crippen LogP contribution in [0.25, 0.3) is 0 Å². The minimum atomic E-state index is -2.46. The van der Waals surface area contributed by atoms with Crippen LogP contribution < -0.4 is 37.6 Å². The molecule has 2 fully saturated rings. The second kappa shape index (κ2) is 17.8. The topological polar surface area (TPSA) is 177 Å². The molecule has 2 aliphatic heterocycles. The Morgan fingerprint density at radius 1 is 0.649 bits per heavy atom. The molecule has 2 atom stereocenters. The zero-order chi connectivity index (χ0) is 26.9. The fourth-order valence-electron chi connectivity index (χ4n) is 4.21. The third kappa shape index (κ3) is 12.6. The molecule has 0 aromatic rings. The zero-order valence-corrected chi connectivity index (χ0v) is 23.4. The first-order chi connectivity index (χ1) is 17.8. The first kappa shape index (κ1) is 31.6. The van der Waals surface area contributed by atoms with Crippen molar-refractivity contribution < 1.29 is 27.7 Å². The average Bonchev–Trinajstić information content (AvgIpc) is 3.37. The number of fused-ring (bicyclic) bond motifs is 2. The molecule has 0 saturated carbocycles. The van der Waals surface area contributed by atoms with E-state index in [2.05, 4.69) is 31.9 Å². The van der Waals surface area contributed by atoms with Crippen LogP contribution in [0.3, 0.4) is 0 Å². The summed E-state index contributed by atoms with van der Waals surface area (Å²) < 4.78 is 17.9. The van der Waals surface area contributed by atoms with Gasteiger partial charge in [0.15, 0.2) is 0 Å². The summed E-state index contributed by atoms with van der Waals surface area (Å²) in [5.41, 5.74) is 5.32. The summed E-state index contributed by atoms with van der Waals surface area (Å²) in [7, 11) is -2.46. The average molecular weight is 546 g/mol. The number of amides is 3. The van der Waals surface area contributed by atoms with Crippen LogP contribution >= 0.6 is 0 Å². The molecule has 214 valence electrons. The Morgan fingerprint density at radius 2 is 1.11 bits per heavy atom. The van der Waals surface area contributed by atoms with E-state index in [1.807, 2.05) is 13.8 Å². The first-order valence-corrected chi connectivity index (χ1v) is 15.4. The van der Waals surface area contributed by atoms with Crippen molar-refractivity contribution in [3.8, 4) is 0 Å². The summed E-state index contributed by atoms with van der Waals surface area (Å²) in [5, 5.41) is 17.9. The molecular formula is C23H47N7O6Si. The van der Waals surface area contributed by atoms with Gasteiger partial charge in [-0.3, -0.25) is 14.4 Å². The van der Waals surface area contributed by atoms with Crippen LogP contribution in [0.2, 0.25) is 6.04 Å². The van der Waals surface area contributed by atoms with Gasteiger partial charge in [0.05, 0.1) is 18.3 Å². The van der Waals surface area contributed by atoms with Crippen LogP contribution in [0.1, 0.15) is 39.5 Å². The van der Waals surface area contributed by atoms with Crippen molar-refractivity contribution in [2.24, 2.45) is 5.73 Å². The Hall–Kier alpha value is -1.65. The van der Waals surface area contributed by atoms with E-state index >= 15 is 0 Å². The van der Waals surface area contributed by atoms with E-state index in [1.54, 1.807) is 0 Å². The van der Waals surface area contributed by atoms with Crippen molar-refractivity contribution in [3.63, 3.8) is 0 Å². The lowest BCUT2D eigenvalue weighted by molar-refractivity contribution is -0.122. The largest absolute Gasteiger partial charge is 0.502 e. The zero-order valence-electron chi connectivity index (χ0n) is 22.4. The van der Waals surface area contributed by atoms with Crippen molar-refractivity contribution in [1.29, 1.82) is 0 Å². The van der Waals surface area contributed by atoms with E-state index in [4.69, 9.17) is 19.0 Å². The number of carbonyl (C=O) groups is 3. The molecule has 2 unspecified atom stereocenters. The van der Waals surface area contributed by atoms with Gasteiger partial charge in [-0.1, -0.05) is 0 Å². The number of nitrogens with one attached hydrogen (secondary N) is 6. The first-order valence-electron chi connectivity index (χ1n) is 13.5. The molecular weight excluding hydrogens is 498 g/mol. The smallest absolute Gasteiger partial charge is 0.368 e. The second-order valence-corrected chi connectivity index (χ2v) is 11.9. The highest BCUT2D eigenvalue weighted by atomic mass is 28.4. The van der Waals surface area contributed by atoms with E-state index in [1.165, 1.54) is 0 Å². The number of hydrogen-bond acceptors (Lipinski definition) is 10. The van der Waals surface area contributed by atoms with Crippen molar-refractivity contribution in [1.82, 2.24) is 31.9 Å². The van der Waals surface area contributed by atoms with Gasteiger partial charge in [-0.05, 0) is 26.8 Å². The van der Waals surface area contributed by atoms with Gasteiger partial charge in [-0.25, -0.2) is 0 Å². The SMILES string of the molecule is CC1O[Si]2(CCCNCCC(=O)NCCNCCC(=O)NCCNCCC(=O)NCCN)OC(C)C1O2. The van der Waals surface area contributed by atoms with Gasteiger partial charge in [0.2, 0.25) is 17.7 Å². The molecule has 0 aromatic heterocycles. The monoisotopic (exact) mass is 545 g/mol. The van der Waals surface area contributed by atoms with Gasteiger partial charge in [-0.15, -0.1) is 0 Å².